The molecule has 0 saturated heterocycles. The molecule has 0 atom stereocenters. The number of benzene rings is 2. The van der Waals surface area contributed by atoms with Gasteiger partial charge in [-0.25, -0.2) is 0 Å². The van der Waals surface area contributed by atoms with Crippen LogP contribution in [0.4, 0.5) is 35.1 Å². The van der Waals surface area contributed by atoms with Gasteiger partial charge in [-0.15, -0.1) is 0 Å². The van der Waals surface area contributed by atoms with E-state index in [1.165, 1.54) is 87.8 Å². The fourth-order valence-electron chi connectivity index (χ4n) is 8.09. The van der Waals surface area contributed by atoms with Crippen LogP contribution in [0.25, 0.3) is 0 Å². The quantitative estimate of drug-likeness (QED) is 0.0368. The molecule has 0 radical (unpaired) electrons. The zero-order valence-corrected chi connectivity index (χ0v) is 35.3. The first kappa shape index (κ1) is 46.8. The van der Waals surface area contributed by atoms with E-state index in [0.29, 0.717) is 25.7 Å². The average Bonchev–Trinajstić information content (AvgIpc) is 3.96. The normalized spacial score (nSPS) is 13.9. The second-order valence-corrected chi connectivity index (χ2v) is 21.3. The summed E-state index contributed by atoms with van der Waals surface area (Å²) in [5.74, 6) is -17.7. The third-order valence-electron chi connectivity index (χ3n) is 11.2. The predicted molar refractivity (Wildman–Crippen MR) is 210 cm³/mol. The summed E-state index contributed by atoms with van der Waals surface area (Å²) in [6.07, 6.45) is 28.2. The minimum atomic E-state index is -5.94. The molecule has 2 aromatic rings. The number of hydrogen-bond donors (Lipinski definition) is 0. The van der Waals surface area contributed by atoms with Crippen LogP contribution in [0.15, 0.2) is 44.2 Å². The maximum atomic E-state index is 16.6. The van der Waals surface area contributed by atoms with Crippen molar-refractivity contribution in [2.24, 2.45) is 0 Å². The summed E-state index contributed by atoms with van der Waals surface area (Å²) in [5, 5.41) is 0. The van der Waals surface area contributed by atoms with Crippen molar-refractivity contribution < 1.29 is 61.2 Å². The average molecular weight is 845 g/mol. The molecule has 0 aliphatic heterocycles. The first-order chi connectivity index (χ1) is 27.6. The van der Waals surface area contributed by atoms with Crippen LogP contribution in [0.3, 0.4) is 0 Å². The van der Waals surface area contributed by atoms with E-state index in [-0.39, 0.29) is 33.8 Å². The summed E-state index contributed by atoms with van der Waals surface area (Å²) in [5.41, 5.74) is 0. The Bertz CT molecular complexity index is 1550. The standard InChI is InChI=1S/2C18H25F4O.2C5H5.Ti/c2*1-2-3-4-5-6-7-8-9-10-11-12-23-18-16(21)14(19)13-15(20)17(18)22;2*1-2-4-5-3-1;/h2*2-12H2,1H3;2*1-3H,4H2;. The minimum absolute atomic E-state index is 0.0382. The fourth-order valence-corrected chi connectivity index (χ4v) is 16.3. The van der Waals surface area contributed by atoms with Crippen molar-refractivity contribution >= 4 is 7.74 Å². The van der Waals surface area contributed by atoms with Crippen molar-refractivity contribution in [2.45, 2.75) is 155 Å². The number of ether oxygens (including phenoxy) is 2. The molecule has 0 heterocycles. The van der Waals surface area contributed by atoms with Gasteiger partial charge in [0.15, 0.2) is 0 Å². The molecule has 316 valence electrons. The summed E-state index contributed by atoms with van der Waals surface area (Å²) >= 11 is -5.94. The molecule has 2 aromatic carbocycles. The van der Waals surface area contributed by atoms with Crippen LogP contribution in [0.1, 0.15) is 155 Å². The predicted octanol–water partition coefficient (Wildman–Crippen LogP) is 14.2. The molecular weight excluding hydrogens is 784 g/mol. The third-order valence-corrected chi connectivity index (χ3v) is 19.1. The molecule has 0 aromatic heterocycles. The molecule has 0 N–H and O–H groups in total. The first-order valence-electron chi connectivity index (χ1n) is 21.3. The van der Waals surface area contributed by atoms with Crippen LogP contribution >= 0.6 is 0 Å². The van der Waals surface area contributed by atoms with E-state index in [0.717, 1.165) is 51.4 Å². The van der Waals surface area contributed by atoms with Gasteiger partial charge in [0, 0.05) is 0 Å². The van der Waals surface area contributed by atoms with Crippen molar-refractivity contribution in [3.8, 4) is 11.5 Å². The van der Waals surface area contributed by atoms with Gasteiger partial charge in [0.2, 0.25) is 0 Å². The summed E-state index contributed by atoms with van der Waals surface area (Å²) in [6, 6.07) is 0. The van der Waals surface area contributed by atoms with Gasteiger partial charge in [0.1, 0.15) is 0 Å². The summed E-state index contributed by atoms with van der Waals surface area (Å²) in [6.45, 7) is 3.87. The monoisotopic (exact) mass is 844 g/mol. The Morgan fingerprint density at radius 3 is 0.947 bits per heavy atom. The van der Waals surface area contributed by atoms with E-state index in [9.17, 15) is 0 Å². The van der Waals surface area contributed by atoms with E-state index >= 15 is 35.1 Å². The van der Waals surface area contributed by atoms with Crippen molar-refractivity contribution in [2.75, 3.05) is 13.2 Å². The number of halogens is 8. The number of allylic oxidation sites excluding steroid dienone is 8. The Labute approximate surface area is 338 Å². The molecule has 0 spiro atoms. The Morgan fingerprint density at radius 1 is 0.404 bits per heavy atom. The van der Waals surface area contributed by atoms with Crippen molar-refractivity contribution in [1.82, 2.24) is 0 Å². The second kappa shape index (κ2) is 24.3. The van der Waals surface area contributed by atoms with Crippen LogP contribution in [0, 0.1) is 46.5 Å². The SMILES string of the molecule is CCCCCCCCCCCCOc1c(F)c(F)[c]([Ti]([C]2=CC=CC2)([C]2=CC=CC2)[c]2c(F)c(F)c(OCCCCCCCCCCCC)c(F)c2F)c(F)c1F. The van der Waals surface area contributed by atoms with Gasteiger partial charge in [0.05, 0.1) is 0 Å². The van der Waals surface area contributed by atoms with Gasteiger partial charge in [-0.05, 0) is 0 Å². The molecule has 4 rings (SSSR count). The van der Waals surface area contributed by atoms with E-state index < -0.39 is 82.4 Å². The third kappa shape index (κ3) is 11.7. The van der Waals surface area contributed by atoms with Gasteiger partial charge in [-0.3, -0.25) is 0 Å². The van der Waals surface area contributed by atoms with Gasteiger partial charge in [0.25, 0.3) is 0 Å². The van der Waals surface area contributed by atoms with E-state index in [1.54, 1.807) is 0 Å². The molecule has 57 heavy (non-hydrogen) atoms. The van der Waals surface area contributed by atoms with Crippen LogP contribution in [0.2, 0.25) is 0 Å². The molecule has 0 amide bonds. The van der Waals surface area contributed by atoms with Gasteiger partial charge < -0.3 is 0 Å². The zero-order valence-electron chi connectivity index (χ0n) is 33.8. The Balaban J connectivity index is 1.60. The van der Waals surface area contributed by atoms with E-state index in [4.69, 9.17) is 9.47 Å². The molecule has 0 saturated carbocycles. The van der Waals surface area contributed by atoms with Gasteiger partial charge in [-0.2, -0.15) is 0 Å². The summed E-state index contributed by atoms with van der Waals surface area (Å²) in [4.78, 5) is 0. The van der Waals surface area contributed by atoms with Gasteiger partial charge >= 0.3 is 274 Å². The molecule has 0 fully saturated rings. The van der Waals surface area contributed by atoms with Crippen molar-refractivity contribution in [1.29, 1.82) is 0 Å². The molecular formula is C46H60F8O2Ti. The molecule has 11 heteroatoms. The molecule has 2 nitrogen and oxygen atoms in total. The maximum absolute atomic E-state index is 16.6. The molecule has 0 bridgehead atoms. The summed E-state index contributed by atoms with van der Waals surface area (Å²) < 4.78 is 138. The van der Waals surface area contributed by atoms with Crippen LogP contribution in [-0.4, -0.2) is 13.2 Å². The van der Waals surface area contributed by atoms with E-state index in [2.05, 4.69) is 13.8 Å². The Morgan fingerprint density at radius 2 is 0.684 bits per heavy atom. The number of rotatable bonds is 28. The van der Waals surface area contributed by atoms with Gasteiger partial charge in [-0.1, -0.05) is 65.2 Å². The Kier molecular flexibility index (Phi) is 20.0. The molecule has 2 aliphatic rings. The summed E-state index contributed by atoms with van der Waals surface area (Å²) in [7, 11) is 0. The van der Waals surface area contributed by atoms with Crippen molar-refractivity contribution in [3.63, 3.8) is 0 Å². The molecule has 0 unspecified atom stereocenters. The van der Waals surface area contributed by atoms with E-state index in [1.807, 2.05) is 0 Å². The number of unbranched alkanes of at least 4 members (excludes halogenated alkanes) is 18. The fraction of sp³-hybridized carbons (Fsp3) is 0.565. The first-order valence-corrected chi connectivity index (χ1v) is 24.5. The number of hydrogen-bond acceptors (Lipinski definition) is 2. The Hall–Kier alpha value is -2.85. The van der Waals surface area contributed by atoms with Crippen molar-refractivity contribution in [3.05, 3.63) is 90.7 Å². The molecule has 2 aliphatic carbocycles. The second-order valence-electron chi connectivity index (χ2n) is 15.4. The van der Waals surface area contributed by atoms with Crippen LogP contribution in [0.5, 0.6) is 11.5 Å². The zero-order chi connectivity index (χ0) is 41.2. The topological polar surface area (TPSA) is 18.5 Å². The van der Waals surface area contributed by atoms with Crippen LogP contribution in [-0.2, 0) is 16.6 Å². The van der Waals surface area contributed by atoms with Crippen LogP contribution < -0.4 is 17.2 Å².